The molecule has 3 aromatic rings. The highest BCUT2D eigenvalue weighted by Gasteiger charge is 2.14. The van der Waals surface area contributed by atoms with Gasteiger partial charge in [-0.3, -0.25) is 0 Å². The molecular formula is C19H17N3O4. The minimum Gasteiger partial charge on any atom is -0.496 e. The summed E-state index contributed by atoms with van der Waals surface area (Å²) in [4.78, 5) is 4.34. The Morgan fingerprint density at radius 1 is 1.08 bits per heavy atom. The summed E-state index contributed by atoms with van der Waals surface area (Å²) < 4.78 is 21.8. The number of nitrogens with zero attached hydrogens (tertiary/aromatic N) is 3. The van der Waals surface area contributed by atoms with Crippen molar-refractivity contribution in [1.82, 2.24) is 10.1 Å². The molecule has 0 unspecified atom stereocenters. The van der Waals surface area contributed by atoms with Crippen LogP contribution in [0.15, 0.2) is 47.0 Å². The van der Waals surface area contributed by atoms with Crippen molar-refractivity contribution in [2.45, 2.75) is 13.5 Å². The number of ether oxygens (including phenoxy) is 3. The van der Waals surface area contributed by atoms with Crippen LogP contribution < -0.4 is 14.2 Å². The summed E-state index contributed by atoms with van der Waals surface area (Å²) in [6, 6.07) is 14.5. The molecule has 0 radical (unpaired) electrons. The van der Waals surface area contributed by atoms with Gasteiger partial charge in [-0.25, -0.2) is 0 Å². The third-order valence-electron chi connectivity index (χ3n) is 3.54. The van der Waals surface area contributed by atoms with E-state index in [-0.39, 0.29) is 6.61 Å². The van der Waals surface area contributed by atoms with Crippen LogP contribution in [0.3, 0.4) is 0 Å². The zero-order valence-electron chi connectivity index (χ0n) is 14.4. The van der Waals surface area contributed by atoms with Crippen LogP contribution in [0.25, 0.3) is 11.4 Å². The zero-order chi connectivity index (χ0) is 18.4. The summed E-state index contributed by atoms with van der Waals surface area (Å²) in [6.07, 6.45) is 0. The highest BCUT2D eigenvalue weighted by atomic mass is 16.5. The predicted molar refractivity (Wildman–Crippen MR) is 92.9 cm³/mol. The van der Waals surface area contributed by atoms with Crippen molar-refractivity contribution < 1.29 is 18.7 Å². The van der Waals surface area contributed by atoms with Crippen molar-refractivity contribution in [3.63, 3.8) is 0 Å². The molecule has 0 saturated heterocycles. The highest BCUT2D eigenvalue weighted by molar-refractivity contribution is 5.63. The molecule has 2 aromatic carbocycles. The summed E-state index contributed by atoms with van der Waals surface area (Å²) in [5, 5.41) is 13.0. The van der Waals surface area contributed by atoms with E-state index >= 15 is 0 Å². The van der Waals surface area contributed by atoms with Crippen LogP contribution in [0.1, 0.15) is 18.4 Å². The maximum absolute atomic E-state index is 8.99. The average Bonchev–Trinajstić information content (AvgIpc) is 3.16. The van der Waals surface area contributed by atoms with E-state index in [1.165, 1.54) is 0 Å². The van der Waals surface area contributed by atoms with Gasteiger partial charge in [0.25, 0.3) is 5.89 Å². The van der Waals surface area contributed by atoms with Crippen LogP contribution in [-0.2, 0) is 6.61 Å². The molecule has 0 bridgehead atoms. The zero-order valence-corrected chi connectivity index (χ0v) is 14.4. The first-order valence-corrected chi connectivity index (χ1v) is 8.01. The Morgan fingerprint density at radius 2 is 1.92 bits per heavy atom. The van der Waals surface area contributed by atoms with Crippen molar-refractivity contribution in [1.29, 1.82) is 5.26 Å². The van der Waals surface area contributed by atoms with Gasteiger partial charge < -0.3 is 18.7 Å². The second kappa shape index (κ2) is 8.03. The summed E-state index contributed by atoms with van der Waals surface area (Å²) in [6.45, 7) is 2.40. The van der Waals surface area contributed by atoms with Crippen LogP contribution in [0.4, 0.5) is 0 Å². The molecule has 7 heteroatoms. The van der Waals surface area contributed by atoms with Crippen molar-refractivity contribution in [2.24, 2.45) is 0 Å². The SMILES string of the molecule is CCOc1cc(C#N)ccc1OCc1nc(-c2ccccc2OC)no1. The lowest BCUT2D eigenvalue weighted by molar-refractivity contribution is 0.228. The largest absolute Gasteiger partial charge is 0.496 e. The van der Waals surface area contributed by atoms with Crippen LogP contribution in [0.5, 0.6) is 17.2 Å². The second-order valence-electron chi connectivity index (χ2n) is 5.21. The molecule has 0 N–H and O–H groups in total. The lowest BCUT2D eigenvalue weighted by Crippen LogP contribution is -2.00. The maximum atomic E-state index is 8.99. The third-order valence-corrected chi connectivity index (χ3v) is 3.54. The van der Waals surface area contributed by atoms with Gasteiger partial charge in [-0.1, -0.05) is 17.3 Å². The van der Waals surface area contributed by atoms with Gasteiger partial charge in [-0.15, -0.1) is 0 Å². The molecule has 7 nitrogen and oxygen atoms in total. The van der Waals surface area contributed by atoms with Crippen molar-refractivity contribution in [3.8, 4) is 34.7 Å². The molecule has 1 heterocycles. The maximum Gasteiger partial charge on any atom is 0.264 e. The normalized spacial score (nSPS) is 10.2. The Balaban J connectivity index is 1.76. The number of hydrogen-bond donors (Lipinski definition) is 0. The molecule has 3 rings (SSSR count). The van der Waals surface area contributed by atoms with E-state index in [2.05, 4.69) is 16.2 Å². The van der Waals surface area contributed by atoms with Gasteiger partial charge in [-0.05, 0) is 31.2 Å². The summed E-state index contributed by atoms with van der Waals surface area (Å²) in [5.74, 6) is 2.40. The molecule has 0 fully saturated rings. The van der Waals surface area contributed by atoms with Gasteiger partial charge >= 0.3 is 0 Å². The van der Waals surface area contributed by atoms with E-state index in [1.54, 1.807) is 25.3 Å². The molecule has 0 amide bonds. The van der Waals surface area contributed by atoms with Crippen LogP contribution in [-0.4, -0.2) is 23.9 Å². The van der Waals surface area contributed by atoms with Crippen LogP contribution in [0.2, 0.25) is 0 Å². The van der Waals surface area contributed by atoms with Gasteiger partial charge in [0.2, 0.25) is 5.82 Å². The van der Waals surface area contributed by atoms with E-state index < -0.39 is 0 Å². The molecule has 132 valence electrons. The Bertz CT molecular complexity index is 931. The Hall–Kier alpha value is -3.53. The first kappa shape index (κ1) is 17.3. The highest BCUT2D eigenvalue weighted by Crippen LogP contribution is 2.30. The number of nitriles is 1. The van der Waals surface area contributed by atoms with Crippen molar-refractivity contribution in [2.75, 3.05) is 13.7 Å². The van der Waals surface area contributed by atoms with Gasteiger partial charge in [0, 0.05) is 6.07 Å². The number of aromatic nitrogens is 2. The molecular weight excluding hydrogens is 334 g/mol. The van der Waals surface area contributed by atoms with Crippen molar-refractivity contribution in [3.05, 3.63) is 53.9 Å². The molecule has 0 atom stereocenters. The van der Waals surface area contributed by atoms with E-state index in [1.807, 2.05) is 31.2 Å². The fourth-order valence-electron chi connectivity index (χ4n) is 2.36. The van der Waals surface area contributed by atoms with E-state index in [0.717, 1.165) is 5.56 Å². The van der Waals surface area contributed by atoms with Gasteiger partial charge in [0.1, 0.15) is 5.75 Å². The molecule has 0 aliphatic rings. The second-order valence-corrected chi connectivity index (χ2v) is 5.21. The van der Waals surface area contributed by atoms with Gasteiger partial charge in [-0.2, -0.15) is 10.2 Å². The molecule has 0 spiro atoms. The summed E-state index contributed by atoms with van der Waals surface area (Å²) >= 11 is 0. The lowest BCUT2D eigenvalue weighted by Gasteiger charge is -2.10. The quantitative estimate of drug-likeness (QED) is 0.642. The first-order chi connectivity index (χ1) is 12.7. The Labute approximate surface area is 150 Å². The molecule has 0 aliphatic carbocycles. The summed E-state index contributed by atoms with van der Waals surface area (Å²) in [7, 11) is 1.59. The van der Waals surface area contributed by atoms with E-state index in [0.29, 0.717) is 41.1 Å². The number of rotatable bonds is 7. The molecule has 1 aromatic heterocycles. The molecule has 26 heavy (non-hydrogen) atoms. The fraction of sp³-hybridized carbons (Fsp3) is 0.211. The molecule has 0 aliphatic heterocycles. The summed E-state index contributed by atoms with van der Waals surface area (Å²) in [5.41, 5.74) is 1.23. The minimum absolute atomic E-state index is 0.0775. The third kappa shape index (κ3) is 3.75. The van der Waals surface area contributed by atoms with Gasteiger partial charge in [0.15, 0.2) is 18.1 Å². The topological polar surface area (TPSA) is 90.4 Å². The van der Waals surface area contributed by atoms with Crippen LogP contribution in [0, 0.1) is 11.3 Å². The lowest BCUT2D eigenvalue weighted by atomic mass is 10.2. The van der Waals surface area contributed by atoms with E-state index in [9.17, 15) is 0 Å². The fourth-order valence-corrected chi connectivity index (χ4v) is 2.36. The van der Waals surface area contributed by atoms with Crippen molar-refractivity contribution >= 4 is 0 Å². The monoisotopic (exact) mass is 351 g/mol. The van der Waals surface area contributed by atoms with E-state index in [4.69, 9.17) is 24.0 Å². The minimum atomic E-state index is 0.0775. The predicted octanol–water partition coefficient (Wildman–Crippen LogP) is 3.59. The standard InChI is InChI=1S/C19H17N3O4/c1-3-24-17-10-13(11-20)8-9-16(17)25-12-18-21-19(22-26-18)14-6-4-5-7-15(14)23-2/h4-10H,3,12H2,1-2H3. The first-order valence-electron chi connectivity index (χ1n) is 8.01. The smallest absolute Gasteiger partial charge is 0.264 e. The van der Waals surface area contributed by atoms with Gasteiger partial charge in [0.05, 0.1) is 30.9 Å². The number of benzene rings is 2. The Morgan fingerprint density at radius 3 is 2.69 bits per heavy atom. The number of hydrogen-bond acceptors (Lipinski definition) is 7. The number of methoxy groups -OCH3 is 1. The average molecular weight is 351 g/mol. The Kier molecular flexibility index (Phi) is 5.34. The number of para-hydroxylation sites is 1. The van der Waals surface area contributed by atoms with Crippen LogP contribution >= 0.6 is 0 Å². The molecule has 0 saturated carbocycles.